The third kappa shape index (κ3) is 2.07. The SMILES string of the molecule is Cn1cnc(C(=O)N2CCCc3ccc(N)cc32)c1. The van der Waals surface area contributed by atoms with Gasteiger partial charge in [0, 0.05) is 31.2 Å². The Bertz CT molecular complexity index is 632. The van der Waals surface area contributed by atoms with E-state index in [2.05, 4.69) is 4.98 Å². The van der Waals surface area contributed by atoms with Gasteiger partial charge in [-0.15, -0.1) is 0 Å². The highest BCUT2D eigenvalue weighted by molar-refractivity contribution is 6.05. The second kappa shape index (κ2) is 4.42. The topological polar surface area (TPSA) is 64.2 Å². The Hall–Kier alpha value is -2.30. The minimum Gasteiger partial charge on any atom is -0.399 e. The number of benzene rings is 1. The van der Waals surface area contributed by atoms with Crippen LogP contribution in [0.15, 0.2) is 30.7 Å². The lowest BCUT2D eigenvalue weighted by atomic mass is 10.0. The molecule has 98 valence electrons. The first kappa shape index (κ1) is 11.8. The minimum atomic E-state index is -0.0628. The predicted octanol–water partition coefficient (Wildman–Crippen LogP) is 1.60. The highest BCUT2D eigenvalue weighted by Crippen LogP contribution is 2.30. The number of fused-ring (bicyclic) bond motifs is 1. The van der Waals surface area contributed by atoms with Crippen LogP contribution in [0.5, 0.6) is 0 Å². The van der Waals surface area contributed by atoms with Crippen molar-refractivity contribution in [2.24, 2.45) is 7.05 Å². The maximum atomic E-state index is 12.5. The number of rotatable bonds is 1. The summed E-state index contributed by atoms with van der Waals surface area (Å²) in [6, 6.07) is 5.76. The third-order valence-electron chi connectivity index (χ3n) is 3.40. The highest BCUT2D eigenvalue weighted by Gasteiger charge is 2.24. The molecule has 0 unspecified atom stereocenters. The maximum Gasteiger partial charge on any atom is 0.278 e. The van der Waals surface area contributed by atoms with Crippen LogP contribution in [0.3, 0.4) is 0 Å². The van der Waals surface area contributed by atoms with Crippen molar-refractivity contribution < 1.29 is 4.79 Å². The van der Waals surface area contributed by atoms with Gasteiger partial charge in [0.05, 0.1) is 6.33 Å². The van der Waals surface area contributed by atoms with Crippen molar-refractivity contribution in [3.05, 3.63) is 42.0 Å². The first-order chi connectivity index (χ1) is 9.15. The smallest absolute Gasteiger partial charge is 0.278 e. The lowest BCUT2D eigenvalue weighted by Gasteiger charge is -2.29. The number of carbonyl (C=O) groups is 1. The predicted molar refractivity (Wildman–Crippen MR) is 74.1 cm³/mol. The zero-order valence-corrected chi connectivity index (χ0v) is 10.8. The molecule has 0 spiro atoms. The van der Waals surface area contributed by atoms with E-state index in [1.165, 1.54) is 5.56 Å². The zero-order valence-electron chi connectivity index (χ0n) is 10.8. The summed E-state index contributed by atoms with van der Waals surface area (Å²) in [6.45, 7) is 0.714. The molecule has 0 radical (unpaired) electrons. The molecule has 0 atom stereocenters. The quantitative estimate of drug-likeness (QED) is 0.788. The van der Waals surface area contributed by atoms with Crippen molar-refractivity contribution in [3.63, 3.8) is 0 Å². The summed E-state index contributed by atoms with van der Waals surface area (Å²) in [4.78, 5) is 18.4. The van der Waals surface area contributed by atoms with Gasteiger partial charge in [-0.05, 0) is 30.5 Å². The molecule has 2 aromatic rings. The van der Waals surface area contributed by atoms with Gasteiger partial charge in [-0.25, -0.2) is 4.98 Å². The van der Waals surface area contributed by atoms with E-state index >= 15 is 0 Å². The third-order valence-corrected chi connectivity index (χ3v) is 3.40. The minimum absolute atomic E-state index is 0.0628. The summed E-state index contributed by atoms with van der Waals surface area (Å²) in [6.07, 6.45) is 5.33. The van der Waals surface area contributed by atoms with Crippen LogP contribution in [-0.2, 0) is 13.5 Å². The molecule has 2 N–H and O–H groups in total. The largest absolute Gasteiger partial charge is 0.399 e. The van der Waals surface area contributed by atoms with Crippen LogP contribution in [0.4, 0.5) is 11.4 Å². The number of amides is 1. The van der Waals surface area contributed by atoms with Gasteiger partial charge in [0.2, 0.25) is 0 Å². The number of hydrogen-bond donors (Lipinski definition) is 1. The van der Waals surface area contributed by atoms with Crippen molar-refractivity contribution >= 4 is 17.3 Å². The summed E-state index contributed by atoms with van der Waals surface area (Å²) >= 11 is 0. The second-order valence-corrected chi connectivity index (χ2v) is 4.87. The number of carbonyl (C=O) groups excluding carboxylic acids is 1. The van der Waals surface area contributed by atoms with Crippen LogP contribution in [0.2, 0.25) is 0 Å². The van der Waals surface area contributed by atoms with Gasteiger partial charge in [0.25, 0.3) is 5.91 Å². The van der Waals surface area contributed by atoms with E-state index < -0.39 is 0 Å². The lowest BCUT2D eigenvalue weighted by Crippen LogP contribution is -2.35. The van der Waals surface area contributed by atoms with Crippen molar-refractivity contribution in [2.75, 3.05) is 17.2 Å². The summed E-state index contributed by atoms with van der Waals surface area (Å²) in [5, 5.41) is 0. The fourth-order valence-electron chi connectivity index (χ4n) is 2.46. The van der Waals surface area contributed by atoms with E-state index in [0.29, 0.717) is 17.9 Å². The van der Waals surface area contributed by atoms with Crippen LogP contribution in [-0.4, -0.2) is 22.0 Å². The lowest BCUT2D eigenvalue weighted by molar-refractivity contribution is 0.0980. The molecule has 19 heavy (non-hydrogen) atoms. The first-order valence-corrected chi connectivity index (χ1v) is 6.33. The van der Waals surface area contributed by atoms with Crippen molar-refractivity contribution in [2.45, 2.75) is 12.8 Å². The van der Waals surface area contributed by atoms with Crippen LogP contribution >= 0.6 is 0 Å². The molecule has 0 saturated carbocycles. The number of nitrogen functional groups attached to an aromatic ring is 1. The van der Waals surface area contributed by atoms with Gasteiger partial charge < -0.3 is 15.2 Å². The highest BCUT2D eigenvalue weighted by atomic mass is 16.2. The zero-order chi connectivity index (χ0) is 13.4. The Balaban J connectivity index is 1.99. The first-order valence-electron chi connectivity index (χ1n) is 6.33. The van der Waals surface area contributed by atoms with Crippen molar-refractivity contribution in [1.29, 1.82) is 0 Å². The molecule has 1 aliphatic rings. The van der Waals surface area contributed by atoms with E-state index in [4.69, 9.17) is 5.73 Å². The molecule has 5 nitrogen and oxygen atoms in total. The molecule has 0 aliphatic carbocycles. The fourth-order valence-corrected chi connectivity index (χ4v) is 2.46. The summed E-state index contributed by atoms with van der Waals surface area (Å²) < 4.78 is 1.78. The Kier molecular flexibility index (Phi) is 2.74. The van der Waals surface area contributed by atoms with Gasteiger partial charge in [0.1, 0.15) is 5.69 Å². The molecule has 1 amide bonds. The van der Waals surface area contributed by atoms with Crippen LogP contribution in [0.25, 0.3) is 0 Å². The fraction of sp³-hybridized carbons (Fsp3) is 0.286. The molecular formula is C14H16N4O. The number of anilines is 2. The van der Waals surface area contributed by atoms with E-state index in [1.807, 2.05) is 25.2 Å². The molecule has 0 bridgehead atoms. The molecule has 1 aliphatic heterocycles. The number of imidazole rings is 1. The Morgan fingerprint density at radius 2 is 2.26 bits per heavy atom. The van der Waals surface area contributed by atoms with Crippen LogP contribution < -0.4 is 10.6 Å². The number of nitrogens with two attached hydrogens (primary N) is 1. The average Bonchev–Trinajstić information content (AvgIpc) is 2.84. The van der Waals surface area contributed by atoms with E-state index in [-0.39, 0.29) is 5.91 Å². The molecule has 1 aromatic heterocycles. The summed E-state index contributed by atoms with van der Waals surface area (Å²) in [5.74, 6) is -0.0628. The molecule has 1 aromatic carbocycles. The Labute approximate surface area is 111 Å². The summed E-state index contributed by atoms with van der Waals surface area (Å²) in [5.41, 5.74) is 9.07. The second-order valence-electron chi connectivity index (χ2n) is 4.87. The van der Waals surface area contributed by atoms with Gasteiger partial charge in [-0.2, -0.15) is 0 Å². The standard InChI is InChI=1S/C14H16N4O/c1-17-8-12(16-9-17)14(19)18-6-2-3-10-4-5-11(15)7-13(10)18/h4-5,7-9H,2-3,6,15H2,1H3. The summed E-state index contributed by atoms with van der Waals surface area (Å²) in [7, 11) is 1.85. The molecule has 0 fully saturated rings. The van der Waals surface area contributed by atoms with E-state index in [0.717, 1.165) is 18.5 Å². The number of aryl methyl sites for hydroxylation is 2. The van der Waals surface area contributed by atoms with Gasteiger partial charge in [-0.1, -0.05) is 6.07 Å². The van der Waals surface area contributed by atoms with Gasteiger partial charge >= 0.3 is 0 Å². The van der Waals surface area contributed by atoms with E-state index in [1.54, 1.807) is 22.0 Å². The Morgan fingerprint density at radius 1 is 1.42 bits per heavy atom. The van der Waals surface area contributed by atoms with Gasteiger partial charge in [-0.3, -0.25) is 4.79 Å². The molecule has 0 saturated heterocycles. The molecule has 5 heteroatoms. The van der Waals surface area contributed by atoms with Crippen molar-refractivity contribution in [3.8, 4) is 0 Å². The van der Waals surface area contributed by atoms with Crippen LogP contribution in [0, 0.1) is 0 Å². The monoisotopic (exact) mass is 256 g/mol. The van der Waals surface area contributed by atoms with E-state index in [9.17, 15) is 4.79 Å². The molecular weight excluding hydrogens is 240 g/mol. The normalized spacial score (nSPS) is 14.3. The van der Waals surface area contributed by atoms with Crippen molar-refractivity contribution in [1.82, 2.24) is 9.55 Å². The number of aromatic nitrogens is 2. The van der Waals surface area contributed by atoms with Gasteiger partial charge in [0.15, 0.2) is 0 Å². The number of nitrogens with zero attached hydrogens (tertiary/aromatic N) is 3. The Morgan fingerprint density at radius 3 is 3.00 bits per heavy atom. The molecule has 2 heterocycles. The number of hydrogen-bond acceptors (Lipinski definition) is 3. The maximum absolute atomic E-state index is 12.5. The average molecular weight is 256 g/mol. The van der Waals surface area contributed by atoms with Crippen LogP contribution in [0.1, 0.15) is 22.5 Å². The molecule has 3 rings (SSSR count).